The number of rotatable bonds is 3. The van der Waals surface area contributed by atoms with Gasteiger partial charge in [-0.05, 0) is 59.7 Å². The summed E-state index contributed by atoms with van der Waals surface area (Å²) in [5.41, 5.74) is 9.25. The lowest BCUT2D eigenvalue weighted by Gasteiger charge is -2.30. The molecule has 4 heteroatoms. The van der Waals surface area contributed by atoms with Crippen molar-refractivity contribution in [2.75, 3.05) is 23.9 Å². The first kappa shape index (κ1) is 26.6. The Bertz CT molecular complexity index is 1280. The monoisotopic (exact) mass is 520 g/mol. The van der Waals surface area contributed by atoms with Gasteiger partial charge in [-0.1, -0.05) is 93.9 Å². The molecule has 5 rings (SSSR count). The Morgan fingerprint density at radius 3 is 2.17 bits per heavy atom. The van der Waals surface area contributed by atoms with Crippen LogP contribution >= 0.6 is 24.0 Å². The van der Waals surface area contributed by atoms with Crippen LogP contribution in [-0.2, 0) is 10.8 Å². The van der Waals surface area contributed by atoms with Crippen molar-refractivity contribution in [2.45, 2.75) is 63.8 Å². The Hall–Kier alpha value is -2.42. The molecule has 190 valence electrons. The molecule has 2 aliphatic heterocycles. The zero-order valence-electron chi connectivity index (χ0n) is 22.3. The van der Waals surface area contributed by atoms with E-state index in [4.69, 9.17) is 11.6 Å². The third-order valence-corrected chi connectivity index (χ3v) is 8.94. The van der Waals surface area contributed by atoms with Crippen molar-refractivity contribution in [1.82, 2.24) is 0 Å². The van der Waals surface area contributed by atoms with Crippen molar-refractivity contribution < 1.29 is 0 Å². The quantitative estimate of drug-likeness (QED) is 0.399. The summed E-state index contributed by atoms with van der Waals surface area (Å²) in [6.45, 7) is 9.31. The first-order valence-corrected chi connectivity index (χ1v) is 13.2. The molecule has 2 nitrogen and oxygen atoms in total. The topological polar surface area (TPSA) is 6.48 Å². The standard InChI is InChI=1S/C32H37ClN2.ClH/c1-31(2)24-14-7-9-16-26(24)34(5)28(31)20-18-22-12-11-13-23(30(22)33)19-21-29-32(3,4)25-15-8-10-17-27(25)35(29)6;/h7-10,14-21,28H,11-13H2,1-6H3;1H/b20-18+,23-19-,29-21-;. The number of hydrogen-bond donors (Lipinski definition) is 0. The molecule has 1 atom stereocenters. The third kappa shape index (κ3) is 4.23. The van der Waals surface area contributed by atoms with E-state index < -0.39 is 0 Å². The van der Waals surface area contributed by atoms with Gasteiger partial charge in [0.2, 0.25) is 0 Å². The maximum absolute atomic E-state index is 7.02. The van der Waals surface area contributed by atoms with Crippen molar-refractivity contribution in [3.05, 3.63) is 106 Å². The van der Waals surface area contributed by atoms with E-state index in [1.54, 1.807) is 0 Å². The average Bonchev–Trinajstić information content (AvgIpc) is 3.16. The van der Waals surface area contributed by atoms with Crippen LogP contribution in [-0.4, -0.2) is 20.1 Å². The third-order valence-electron chi connectivity index (χ3n) is 8.45. The molecular weight excluding hydrogens is 483 g/mol. The average molecular weight is 522 g/mol. The van der Waals surface area contributed by atoms with Gasteiger partial charge in [0.15, 0.2) is 0 Å². The number of hydrogen-bond acceptors (Lipinski definition) is 2. The van der Waals surface area contributed by atoms with E-state index in [1.807, 2.05) is 0 Å². The fraction of sp³-hybridized carbons (Fsp3) is 0.375. The minimum Gasteiger partial charge on any atom is -0.367 e. The SMILES string of the molecule is CN1/C(=C\C=C2\CCCC(/C=C/C3N(C)c4ccccc4C3(C)C)=C2Cl)C(C)(C)c2ccccc21.Cl. The molecule has 0 saturated heterocycles. The number of benzene rings is 2. The van der Waals surface area contributed by atoms with Crippen LogP contribution in [0.25, 0.3) is 0 Å². The molecule has 1 unspecified atom stereocenters. The number of fused-ring (bicyclic) bond motifs is 2. The minimum absolute atomic E-state index is 0. The highest BCUT2D eigenvalue weighted by molar-refractivity contribution is 6.32. The van der Waals surface area contributed by atoms with E-state index in [1.165, 1.54) is 39.3 Å². The zero-order valence-corrected chi connectivity index (χ0v) is 23.9. The van der Waals surface area contributed by atoms with Crippen molar-refractivity contribution >= 4 is 35.4 Å². The lowest BCUT2D eigenvalue weighted by Crippen LogP contribution is -2.37. The van der Waals surface area contributed by atoms with Gasteiger partial charge < -0.3 is 9.80 Å². The van der Waals surface area contributed by atoms with E-state index >= 15 is 0 Å². The summed E-state index contributed by atoms with van der Waals surface area (Å²) in [5.74, 6) is 0. The maximum Gasteiger partial charge on any atom is 0.0565 e. The molecule has 0 saturated carbocycles. The van der Waals surface area contributed by atoms with Crippen molar-refractivity contribution in [3.8, 4) is 0 Å². The second-order valence-corrected chi connectivity index (χ2v) is 11.7. The molecule has 36 heavy (non-hydrogen) atoms. The highest BCUT2D eigenvalue weighted by Gasteiger charge is 2.41. The Morgan fingerprint density at radius 2 is 1.50 bits per heavy atom. The fourth-order valence-electron chi connectivity index (χ4n) is 6.39. The zero-order chi connectivity index (χ0) is 25.0. The van der Waals surface area contributed by atoms with Gasteiger partial charge in [-0.25, -0.2) is 0 Å². The summed E-state index contributed by atoms with van der Waals surface area (Å²) < 4.78 is 0. The molecule has 2 aromatic rings. The predicted octanol–water partition coefficient (Wildman–Crippen LogP) is 8.68. The van der Waals surface area contributed by atoms with Gasteiger partial charge in [0.1, 0.15) is 0 Å². The first-order chi connectivity index (χ1) is 16.6. The van der Waals surface area contributed by atoms with Gasteiger partial charge in [-0.2, -0.15) is 0 Å². The van der Waals surface area contributed by atoms with Crippen LogP contribution in [0.15, 0.2) is 94.7 Å². The second kappa shape index (κ2) is 9.80. The van der Waals surface area contributed by atoms with E-state index in [2.05, 4.69) is 124 Å². The Labute approximate surface area is 228 Å². The van der Waals surface area contributed by atoms with Crippen molar-refractivity contribution in [2.24, 2.45) is 0 Å². The smallest absolute Gasteiger partial charge is 0.0565 e. The fourth-order valence-corrected chi connectivity index (χ4v) is 6.70. The van der Waals surface area contributed by atoms with Gasteiger partial charge in [0.25, 0.3) is 0 Å². The molecular formula is C32H38Cl2N2. The van der Waals surface area contributed by atoms with Crippen LogP contribution in [0.4, 0.5) is 11.4 Å². The number of para-hydroxylation sites is 2. The van der Waals surface area contributed by atoms with Crippen LogP contribution in [0.5, 0.6) is 0 Å². The molecule has 3 aliphatic rings. The van der Waals surface area contributed by atoms with E-state index in [0.717, 1.165) is 24.3 Å². The lowest BCUT2D eigenvalue weighted by atomic mass is 9.80. The number of allylic oxidation sites excluding steroid dienone is 7. The Morgan fingerprint density at radius 1 is 0.861 bits per heavy atom. The van der Waals surface area contributed by atoms with Crippen LogP contribution in [0.3, 0.4) is 0 Å². The molecule has 0 amide bonds. The summed E-state index contributed by atoms with van der Waals surface area (Å²) in [4.78, 5) is 4.73. The molecule has 0 bridgehead atoms. The van der Waals surface area contributed by atoms with Crippen LogP contribution in [0, 0.1) is 0 Å². The van der Waals surface area contributed by atoms with E-state index in [0.29, 0.717) is 6.04 Å². The second-order valence-electron chi connectivity index (χ2n) is 11.3. The molecule has 0 radical (unpaired) electrons. The van der Waals surface area contributed by atoms with Gasteiger partial charge >= 0.3 is 0 Å². The number of likely N-dealkylation sites (N-methyl/N-ethyl adjacent to an activating group) is 2. The van der Waals surface area contributed by atoms with Gasteiger partial charge in [-0.15, -0.1) is 12.4 Å². The van der Waals surface area contributed by atoms with E-state index in [-0.39, 0.29) is 23.2 Å². The summed E-state index contributed by atoms with van der Waals surface area (Å²) in [6.07, 6.45) is 12.4. The molecule has 0 spiro atoms. The molecule has 0 aromatic heterocycles. The predicted molar refractivity (Wildman–Crippen MR) is 159 cm³/mol. The highest BCUT2D eigenvalue weighted by atomic mass is 35.5. The van der Waals surface area contributed by atoms with Crippen LogP contribution in [0.1, 0.15) is 58.1 Å². The molecule has 0 fully saturated rings. The normalized spacial score (nSPS) is 24.5. The van der Waals surface area contributed by atoms with Gasteiger partial charge in [0.05, 0.1) is 6.04 Å². The minimum atomic E-state index is -0.0242. The molecule has 0 N–H and O–H groups in total. The molecule has 2 aromatic carbocycles. The number of halogens is 2. The molecule has 1 aliphatic carbocycles. The van der Waals surface area contributed by atoms with Crippen LogP contribution in [0.2, 0.25) is 0 Å². The summed E-state index contributed by atoms with van der Waals surface area (Å²) in [7, 11) is 4.37. The Balaban J connectivity index is 0.00000304. The van der Waals surface area contributed by atoms with Crippen molar-refractivity contribution in [1.29, 1.82) is 0 Å². The lowest BCUT2D eigenvalue weighted by molar-refractivity contribution is 0.487. The largest absolute Gasteiger partial charge is 0.367 e. The summed E-state index contributed by atoms with van der Waals surface area (Å²) >= 11 is 7.02. The highest BCUT2D eigenvalue weighted by Crippen LogP contribution is 2.47. The van der Waals surface area contributed by atoms with E-state index in [9.17, 15) is 0 Å². The summed E-state index contributed by atoms with van der Waals surface area (Å²) in [5, 5.41) is 0.927. The van der Waals surface area contributed by atoms with Gasteiger partial charge in [0, 0.05) is 47.0 Å². The number of nitrogens with zero attached hydrogens (tertiary/aromatic N) is 2. The molecule has 2 heterocycles. The first-order valence-electron chi connectivity index (χ1n) is 12.8. The van der Waals surface area contributed by atoms with Gasteiger partial charge in [-0.3, -0.25) is 0 Å². The maximum atomic E-state index is 7.02. The summed E-state index contributed by atoms with van der Waals surface area (Å²) in [6, 6.07) is 17.8. The number of anilines is 2. The van der Waals surface area contributed by atoms with Crippen LogP contribution < -0.4 is 9.80 Å². The Kier molecular flexibility index (Phi) is 7.25. The van der Waals surface area contributed by atoms with Crippen molar-refractivity contribution in [3.63, 3.8) is 0 Å².